The number of aliphatic hydroxyl groups excluding tert-OH is 1. The Balaban J connectivity index is 0.00000265. The molecule has 8 nitrogen and oxygen atoms in total. The average molecular weight is 591 g/mol. The Bertz CT molecular complexity index is 1050. The standard InChI is InChI=1S/C22H28N4O4.C2H6.CH3.Cs/c1-13-5-6-17-14(7-13)8-15(20(28)25-17)9-16(11-23)24-21(29)18-10-19(30-4)22(2,3)26(18)12-27;1-2;;/h5-8,16,18-19,27H,9-10,12H2,1-4H3,(H,24,29)(H,25,28);1-2H3;1H3;/q;;-1;+1/t16-,18?,19+;;;/m0.../s1. The van der Waals surface area contributed by atoms with Crippen LogP contribution in [0.5, 0.6) is 0 Å². The number of H-pyrrole nitrogens is 1. The molecule has 1 fully saturated rings. The van der Waals surface area contributed by atoms with Crippen molar-refractivity contribution in [1.82, 2.24) is 15.2 Å². The largest absolute Gasteiger partial charge is 1.00 e. The predicted octanol–water partition coefficient (Wildman–Crippen LogP) is -0.314. The van der Waals surface area contributed by atoms with E-state index in [0.717, 1.165) is 16.5 Å². The molecule has 34 heavy (non-hydrogen) atoms. The number of nitrogens with one attached hydrogen (secondary N) is 2. The van der Waals surface area contributed by atoms with Crippen LogP contribution in [0.3, 0.4) is 0 Å². The number of fused-ring (bicyclic) bond motifs is 1. The molecule has 2 aromatic rings. The summed E-state index contributed by atoms with van der Waals surface area (Å²) in [5.74, 6) is -0.365. The van der Waals surface area contributed by atoms with E-state index in [1.54, 1.807) is 18.1 Å². The number of rotatable bonds is 6. The second kappa shape index (κ2) is 14.8. The minimum Gasteiger partial charge on any atom is -0.381 e. The number of aromatic nitrogens is 1. The van der Waals surface area contributed by atoms with E-state index in [0.29, 0.717) is 12.0 Å². The molecular weight excluding hydrogens is 553 g/mol. The van der Waals surface area contributed by atoms with Crippen LogP contribution in [-0.4, -0.2) is 58.5 Å². The molecule has 3 rings (SSSR count). The Labute approximate surface area is 261 Å². The summed E-state index contributed by atoms with van der Waals surface area (Å²) in [6.45, 7) is 9.48. The van der Waals surface area contributed by atoms with E-state index in [9.17, 15) is 20.0 Å². The maximum absolute atomic E-state index is 12.9. The van der Waals surface area contributed by atoms with E-state index in [4.69, 9.17) is 4.74 Å². The SMILES string of the molecule is CC.CO[C@@H]1CC(C(=O)N[C@H](C#N)Cc2cc3cc(C)ccc3[nH]c2=O)N(CO)C1(C)C.[CH3-].[Cs+]. The Hall–Kier alpha value is -0.678. The molecule has 1 amide bonds. The minimum atomic E-state index is -0.869. The summed E-state index contributed by atoms with van der Waals surface area (Å²) in [6.07, 6.45) is 0.265. The summed E-state index contributed by atoms with van der Waals surface area (Å²) in [4.78, 5) is 29.8. The molecule has 1 aliphatic heterocycles. The molecule has 0 aliphatic carbocycles. The van der Waals surface area contributed by atoms with Crippen molar-refractivity contribution in [2.75, 3.05) is 13.8 Å². The monoisotopic (exact) mass is 590 g/mol. The summed E-state index contributed by atoms with van der Waals surface area (Å²) < 4.78 is 5.49. The number of ether oxygens (including phenoxy) is 1. The van der Waals surface area contributed by atoms with Crippen molar-refractivity contribution in [2.24, 2.45) is 0 Å². The summed E-state index contributed by atoms with van der Waals surface area (Å²) >= 11 is 0. The van der Waals surface area contributed by atoms with Crippen LogP contribution >= 0.6 is 0 Å². The van der Waals surface area contributed by atoms with Gasteiger partial charge in [-0.15, -0.1) is 0 Å². The van der Waals surface area contributed by atoms with Crippen LogP contribution < -0.4 is 79.8 Å². The van der Waals surface area contributed by atoms with Crippen LogP contribution in [-0.2, 0) is 16.0 Å². The number of nitrogens with zero attached hydrogens (tertiary/aromatic N) is 2. The van der Waals surface area contributed by atoms with Gasteiger partial charge in [-0.05, 0) is 50.8 Å². The number of pyridine rings is 1. The molecular formula is C25H37CsN4O4. The number of methoxy groups -OCH3 is 1. The number of aliphatic hydroxyl groups is 1. The minimum absolute atomic E-state index is 0. The van der Waals surface area contributed by atoms with Gasteiger partial charge in [-0.25, -0.2) is 0 Å². The molecule has 9 heteroatoms. The normalized spacial score (nSPS) is 19.6. The quantitative estimate of drug-likeness (QED) is 0.398. The van der Waals surface area contributed by atoms with Gasteiger partial charge in [0, 0.05) is 30.1 Å². The van der Waals surface area contributed by atoms with Crippen LogP contribution in [0.1, 0.15) is 45.2 Å². The van der Waals surface area contributed by atoms with Gasteiger partial charge < -0.3 is 27.6 Å². The van der Waals surface area contributed by atoms with Crippen molar-refractivity contribution in [3.8, 4) is 6.07 Å². The van der Waals surface area contributed by atoms with E-state index in [1.807, 2.05) is 52.8 Å². The molecule has 0 saturated carbocycles. The van der Waals surface area contributed by atoms with Crippen molar-refractivity contribution >= 4 is 16.8 Å². The predicted molar refractivity (Wildman–Crippen MR) is 131 cm³/mol. The number of carbonyl (C=O) groups is 1. The van der Waals surface area contributed by atoms with Gasteiger partial charge in [0.15, 0.2) is 0 Å². The van der Waals surface area contributed by atoms with Gasteiger partial charge in [0.1, 0.15) is 6.04 Å². The van der Waals surface area contributed by atoms with Gasteiger partial charge >= 0.3 is 68.9 Å². The number of hydrogen-bond donors (Lipinski definition) is 3. The van der Waals surface area contributed by atoms with Crippen molar-refractivity contribution in [1.29, 1.82) is 5.26 Å². The first-order chi connectivity index (χ1) is 15.2. The fourth-order valence-corrected chi connectivity index (χ4v) is 4.26. The van der Waals surface area contributed by atoms with E-state index in [2.05, 4.69) is 16.4 Å². The Morgan fingerprint density at radius 2 is 2.03 bits per heavy atom. The molecule has 2 heterocycles. The molecule has 0 bridgehead atoms. The van der Waals surface area contributed by atoms with E-state index in [1.165, 1.54) is 0 Å². The zero-order valence-electron chi connectivity index (χ0n) is 21.7. The van der Waals surface area contributed by atoms with Crippen LogP contribution in [0.15, 0.2) is 29.1 Å². The zero-order valence-corrected chi connectivity index (χ0v) is 28.0. The van der Waals surface area contributed by atoms with Gasteiger partial charge in [-0.1, -0.05) is 25.5 Å². The number of likely N-dealkylation sites (tertiary alicyclic amines) is 1. The average Bonchev–Trinajstić information content (AvgIpc) is 3.04. The third kappa shape index (κ3) is 7.41. The fourth-order valence-electron chi connectivity index (χ4n) is 4.26. The second-order valence-electron chi connectivity index (χ2n) is 8.35. The first kappa shape index (κ1) is 33.3. The molecule has 182 valence electrons. The van der Waals surface area contributed by atoms with Crippen molar-refractivity contribution in [2.45, 2.75) is 71.2 Å². The van der Waals surface area contributed by atoms with Gasteiger partial charge in [-0.2, -0.15) is 5.26 Å². The molecule has 1 unspecified atom stereocenters. The first-order valence-electron chi connectivity index (χ1n) is 10.9. The number of amides is 1. The Kier molecular flexibility index (Phi) is 14.5. The van der Waals surface area contributed by atoms with Gasteiger partial charge in [0.25, 0.3) is 5.56 Å². The van der Waals surface area contributed by atoms with E-state index in [-0.39, 0.29) is 107 Å². The van der Waals surface area contributed by atoms with Crippen LogP contribution in [0.2, 0.25) is 0 Å². The van der Waals surface area contributed by atoms with Gasteiger partial charge in [0.05, 0.1) is 24.9 Å². The third-order valence-corrected chi connectivity index (χ3v) is 6.05. The molecule has 0 spiro atoms. The second-order valence-corrected chi connectivity index (χ2v) is 8.35. The number of nitriles is 1. The number of aromatic amines is 1. The Morgan fingerprint density at radius 1 is 1.38 bits per heavy atom. The van der Waals surface area contributed by atoms with Crippen molar-refractivity contribution in [3.05, 3.63) is 53.2 Å². The molecule has 1 saturated heterocycles. The van der Waals surface area contributed by atoms with Crippen LogP contribution in [0, 0.1) is 25.7 Å². The summed E-state index contributed by atoms with van der Waals surface area (Å²) in [5, 5.41) is 23.0. The number of carbonyl (C=O) groups excluding carboxylic acids is 1. The first-order valence-corrected chi connectivity index (χ1v) is 10.9. The van der Waals surface area contributed by atoms with Crippen molar-refractivity contribution in [3.63, 3.8) is 0 Å². The summed E-state index contributed by atoms with van der Waals surface area (Å²) in [7, 11) is 1.58. The van der Waals surface area contributed by atoms with Crippen LogP contribution in [0.25, 0.3) is 10.9 Å². The number of benzene rings is 1. The van der Waals surface area contributed by atoms with Crippen LogP contribution in [0.4, 0.5) is 0 Å². The zero-order chi connectivity index (χ0) is 24.1. The van der Waals surface area contributed by atoms with Crippen molar-refractivity contribution < 1.29 is 83.5 Å². The van der Waals surface area contributed by atoms with E-state index < -0.39 is 17.6 Å². The molecule has 1 aromatic carbocycles. The Morgan fingerprint density at radius 3 is 2.59 bits per heavy atom. The molecule has 0 radical (unpaired) electrons. The molecule has 1 aliphatic rings. The maximum Gasteiger partial charge on any atom is 1.00 e. The van der Waals surface area contributed by atoms with Gasteiger partial charge in [0.2, 0.25) is 5.91 Å². The molecule has 1 aromatic heterocycles. The molecule has 3 N–H and O–H groups in total. The number of aryl methyl sites for hydroxylation is 1. The topological polar surface area (TPSA) is 118 Å². The molecule has 3 atom stereocenters. The van der Waals surface area contributed by atoms with Gasteiger partial charge in [-0.3, -0.25) is 14.5 Å². The van der Waals surface area contributed by atoms with E-state index >= 15 is 0 Å². The smallest absolute Gasteiger partial charge is 0.381 e. The number of hydrogen-bond acceptors (Lipinski definition) is 6. The third-order valence-electron chi connectivity index (χ3n) is 6.05. The maximum atomic E-state index is 12.9. The summed E-state index contributed by atoms with van der Waals surface area (Å²) in [5.41, 5.74) is 1.41. The summed E-state index contributed by atoms with van der Waals surface area (Å²) in [6, 6.07) is 8.06. The fraction of sp³-hybridized carbons (Fsp3) is 0.520.